The van der Waals surface area contributed by atoms with E-state index in [1.54, 1.807) is 17.0 Å². The van der Waals surface area contributed by atoms with Crippen LogP contribution in [0, 0.1) is 6.92 Å². The first-order valence-electron chi connectivity index (χ1n) is 8.40. The van der Waals surface area contributed by atoms with Gasteiger partial charge in [-0.25, -0.2) is 4.98 Å². The Morgan fingerprint density at radius 2 is 1.73 bits per heavy atom. The lowest BCUT2D eigenvalue weighted by atomic mass is 10.1. The van der Waals surface area contributed by atoms with Crippen LogP contribution in [0.1, 0.15) is 17.0 Å². The minimum absolute atomic E-state index is 0.0734. The molecule has 0 fully saturated rings. The number of fused-ring (bicyclic) bond motifs is 1. The van der Waals surface area contributed by atoms with E-state index in [2.05, 4.69) is 4.98 Å². The molecule has 126 valence electrons. The smallest absolute Gasteiger partial charge is 0.266 e. The Balaban J connectivity index is 1.99. The van der Waals surface area contributed by atoms with Crippen molar-refractivity contribution in [3.63, 3.8) is 0 Å². The average Bonchev–Trinajstić information content (AvgIpc) is 2.68. The Morgan fingerprint density at radius 1 is 0.923 bits per heavy atom. The molecular formula is C22H17N3O. The predicted molar refractivity (Wildman–Crippen MR) is 105 cm³/mol. The molecule has 0 saturated heterocycles. The SMILES string of the molecule is Cc1ccccc1-n1c(C=Cc2cccnc2)nc2ccccc2c1=O. The molecule has 0 atom stereocenters. The number of rotatable bonds is 3. The van der Waals surface area contributed by atoms with Crippen LogP contribution in [0.15, 0.2) is 77.9 Å². The van der Waals surface area contributed by atoms with E-state index >= 15 is 0 Å². The maximum atomic E-state index is 13.2. The van der Waals surface area contributed by atoms with E-state index < -0.39 is 0 Å². The highest BCUT2D eigenvalue weighted by atomic mass is 16.1. The molecule has 0 saturated carbocycles. The highest BCUT2D eigenvalue weighted by molar-refractivity contribution is 5.80. The molecule has 0 aliphatic carbocycles. The van der Waals surface area contributed by atoms with Gasteiger partial charge in [-0.05, 0) is 54.5 Å². The minimum Gasteiger partial charge on any atom is -0.268 e. The van der Waals surface area contributed by atoms with Gasteiger partial charge in [0.15, 0.2) is 0 Å². The standard InChI is InChI=1S/C22H17N3O/c1-16-7-2-5-11-20(16)25-21(13-12-17-8-6-14-23-15-17)24-19-10-4-3-9-18(19)22(25)26/h2-15H,1H3. The molecule has 4 nitrogen and oxygen atoms in total. The molecule has 4 heteroatoms. The van der Waals surface area contributed by atoms with Crippen molar-refractivity contribution in [2.75, 3.05) is 0 Å². The van der Waals surface area contributed by atoms with Crippen molar-refractivity contribution in [2.45, 2.75) is 6.92 Å². The molecule has 26 heavy (non-hydrogen) atoms. The number of nitrogens with zero attached hydrogens (tertiary/aromatic N) is 3. The number of para-hydroxylation sites is 2. The van der Waals surface area contributed by atoms with Crippen molar-refractivity contribution >= 4 is 23.1 Å². The molecule has 2 aromatic heterocycles. The van der Waals surface area contributed by atoms with Gasteiger partial charge in [0.1, 0.15) is 5.82 Å². The molecule has 0 aliphatic rings. The Hall–Kier alpha value is -3.53. The Bertz CT molecular complexity index is 1160. The second-order valence-electron chi connectivity index (χ2n) is 6.03. The van der Waals surface area contributed by atoms with Crippen LogP contribution in [0.5, 0.6) is 0 Å². The van der Waals surface area contributed by atoms with Crippen LogP contribution in [0.4, 0.5) is 0 Å². The van der Waals surface area contributed by atoms with E-state index in [4.69, 9.17) is 4.98 Å². The highest BCUT2D eigenvalue weighted by Crippen LogP contribution is 2.17. The number of aryl methyl sites for hydroxylation is 1. The fourth-order valence-corrected chi connectivity index (χ4v) is 2.95. The van der Waals surface area contributed by atoms with Crippen LogP contribution >= 0.6 is 0 Å². The van der Waals surface area contributed by atoms with Gasteiger partial charge in [0.2, 0.25) is 0 Å². The first kappa shape index (κ1) is 16.0. The predicted octanol–water partition coefficient (Wildman–Crippen LogP) is 4.26. The highest BCUT2D eigenvalue weighted by Gasteiger charge is 2.12. The molecule has 0 bridgehead atoms. The summed E-state index contributed by atoms with van der Waals surface area (Å²) >= 11 is 0. The number of benzene rings is 2. The molecule has 0 radical (unpaired) electrons. The van der Waals surface area contributed by atoms with E-state index in [1.807, 2.05) is 79.7 Å². The molecule has 2 heterocycles. The quantitative estimate of drug-likeness (QED) is 0.560. The third kappa shape index (κ3) is 2.93. The van der Waals surface area contributed by atoms with Gasteiger partial charge in [-0.3, -0.25) is 14.3 Å². The summed E-state index contributed by atoms with van der Waals surface area (Å²) in [6.07, 6.45) is 7.28. The topological polar surface area (TPSA) is 47.8 Å². The second-order valence-corrected chi connectivity index (χ2v) is 6.03. The maximum absolute atomic E-state index is 13.2. The summed E-state index contributed by atoms with van der Waals surface area (Å²) in [7, 11) is 0. The number of pyridine rings is 1. The van der Waals surface area contributed by atoms with Crippen LogP contribution in [-0.2, 0) is 0 Å². The van der Waals surface area contributed by atoms with Crippen LogP contribution in [0.3, 0.4) is 0 Å². The van der Waals surface area contributed by atoms with Gasteiger partial charge in [-0.1, -0.05) is 36.4 Å². The van der Waals surface area contributed by atoms with Crippen molar-refractivity contribution in [1.29, 1.82) is 0 Å². The Morgan fingerprint density at radius 3 is 2.54 bits per heavy atom. The second kappa shape index (κ2) is 6.76. The lowest BCUT2D eigenvalue weighted by Gasteiger charge is -2.13. The molecule has 4 aromatic rings. The zero-order valence-corrected chi connectivity index (χ0v) is 14.3. The summed E-state index contributed by atoms with van der Waals surface area (Å²) < 4.78 is 1.67. The molecule has 0 aliphatic heterocycles. The van der Waals surface area contributed by atoms with E-state index in [1.165, 1.54) is 0 Å². The zero-order chi connectivity index (χ0) is 17.9. The van der Waals surface area contributed by atoms with Crippen LogP contribution in [0.2, 0.25) is 0 Å². The van der Waals surface area contributed by atoms with Gasteiger partial charge >= 0.3 is 0 Å². The maximum Gasteiger partial charge on any atom is 0.266 e. The summed E-state index contributed by atoms with van der Waals surface area (Å²) in [5, 5.41) is 0.606. The third-order valence-electron chi connectivity index (χ3n) is 4.27. The lowest BCUT2D eigenvalue weighted by Crippen LogP contribution is -2.23. The molecule has 0 unspecified atom stereocenters. The van der Waals surface area contributed by atoms with Crippen LogP contribution in [0.25, 0.3) is 28.7 Å². The van der Waals surface area contributed by atoms with Gasteiger partial charge in [-0.15, -0.1) is 0 Å². The first-order valence-corrected chi connectivity index (χ1v) is 8.40. The average molecular weight is 339 g/mol. The Labute approximate surface area is 151 Å². The summed E-state index contributed by atoms with van der Waals surface area (Å²) in [6.45, 7) is 1.99. The van der Waals surface area contributed by atoms with Gasteiger partial charge < -0.3 is 0 Å². The van der Waals surface area contributed by atoms with E-state index in [0.717, 1.165) is 16.8 Å². The van der Waals surface area contributed by atoms with Crippen LogP contribution < -0.4 is 5.56 Å². The molecule has 0 amide bonds. The van der Waals surface area contributed by atoms with Crippen molar-refractivity contribution in [1.82, 2.24) is 14.5 Å². The molecule has 2 aromatic carbocycles. The minimum atomic E-state index is -0.0734. The number of aromatic nitrogens is 3. The first-order chi connectivity index (χ1) is 12.7. The largest absolute Gasteiger partial charge is 0.268 e. The number of hydrogen-bond donors (Lipinski definition) is 0. The fraction of sp³-hybridized carbons (Fsp3) is 0.0455. The third-order valence-corrected chi connectivity index (χ3v) is 4.27. The van der Waals surface area contributed by atoms with Gasteiger partial charge in [-0.2, -0.15) is 0 Å². The summed E-state index contributed by atoms with van der Waals surface area (Å²) in [5.41, 5.74) is 3.42. The van der Waals surface area contributed by atoms with Crippen molar-refractivity contribution in [3.05, 3.63) is 100 Å². The lowest BCUT2D eigenvalue weighted by molar-refractivity contribution is 0.934. The van der Waals surface area contributed by atoms with Crippen molar-refractivity contribution in [2.24, 2.45) is 0 Å². The molecule has 0 N–H and O–H groups in total. The zero-order valence-electron chi connectivity index (χ0n) is 14.3. The van der Waals surface area contributed by atoms with Gasteiger partial charge in [0, 0.05) is 12.4 Å². The van der Waals surface area contributed by atoms with Crippen molar-refractivity contribution < 1.29 is 0 Å². The van der Waals surface area contributed by atoms with Crippen LogP contribution in [-0.4, -0.2) is 14.5 Å². The van der Waals surface area contributed by atoms with Gasteiger partial charge in [0.25, 0.3) is 5.56 Å². The fourth-order valence-electron chi connectivity index (χ4n) is 2.95. The van der Waals surface area contributed by atoms with E-state index in [0.29, 0.717) is 16.7 Å². The summed E-state index contributed by atoms with van der Waals surface area (Å²) in [6, 6.07) is 19.1. The van der Waals surface area contributed by atoms with Gasteiger partial charge in [0.05, 0.1) is 16.6 Å². The molecule has 4 rings (SSSR count). The summed E-state index contributed by atoms with van der Waals surface area (Å²) in [5.74, 6) is 0.590. The Kier molecular flexibility index (Phi) is 4.15. The molecular weight excluding hydrogens is 322 g/mol. The van der Waals surface area contributed by atoms with E-state index in [-0.39, 0.29) is 5.56 Å². The number of hydrogen-bond acceptors (Lipinski definition) is 3. The molecule has 0 spiro atoms. The normalized spacial score (nSPS) is 11.3. The van der Waals surface area contributed by atoms with Crippen molar-refractivity contribution in [3.8, 4) is 5.69 Å². The van der Waals surface area contributed by atoms with E-state index in [9.17, 15) is 4.79 Å². The monoisotopic (exact) mass is 339 g/mol. The summed E-state index contributed by atoms with van der Waals surface area (Å²) in [4.78, 5) is 22.0.